The van der Waals surface area contributed by atoms with Crippen molar-refractivity contribution in [2.75, 3.05) is 6.61 Å². The maximum absolute atomic E-state index is 9.32. The van der Waals surface area contributed by atoms with Gasteiger partial charge in [0.05, 0.1) is 6.61 Å². The second kappa shape index (κ2) is 5.61. The topological polar surface area (TPSA) is 23.5 Å². The van der Waals surface area contributed by atoms with Crippen molar-refractivity contribution in [1.82, 2.24) is 4.90 Å². The highest BCUT2D eigenvalue weighted by Crippen LogP contribution is 2.16. The molecule has 0 fully saturated rings. The molecule has 80 valence electrons. The molecule has 2 heteroatoms. The summed E-state index contributed by atoms with van der Waals surface area (Å²) in [6.07, 6.45) is 0. The summed E-state index contributed by atoms with van der Waals surface area (Å²) in [5.41, 5.74) is 0. The standard InChI is InChI=1S/C11H25NO/c1-8(2)11(7-13)12(9(3)4)10(5)6/h8-11,13H,7H2,1-6H3. The minimum atomic E-state index is 0.258. The van der Waals surface area contributed by atoms with Crippen LogP contribution in [0.1, 0.15) is 41.5 Å². The van der Waals surface area contributed by atoms with Crippen LogP contribution < -0.4 is 0 Å². The minimum Gasteiger partial charge on any atom is -0.395 e. The molecule has 0 spiro atoms. The summed E-state index contributed by atoms with van der Waals surface area (Å²) in [5.74, 6) is 0.509. The number of hydrogen-bond acceptors (Lipinski definition) is 2. The summed E-state index contributed by atoms with van der Waals surface area (Å²) in [4.78, 5) is 2.38. The van der Waals surface area contributed by atoms with E-state index in [1.54, 1.807) is 0 Å². The number of hydrogen-bond donors (Lipinski definition) is 1. The third kappa shape index (κ3) is 3.65. The van der Waals surface area contributed by atoms with Crippen LogP contribution in [0.5, 0.6) is 0 Å². The lowest BCUT2D eigenvalue weighted by Crippen LogP contribution is -2.49. The first-order chi connectivity index (χ1) is 5.91. The van der Waals surface area contributed by atoms with Crippen molar-refractivity contribution in [1.29, 1.82) is 0 Å². The summed E-state index contributed by atoms with van der Waals surface area (Å²) in [5, 5.41) is 9.32. The fraction of sp³-hybridized carbons (Fsp3) is 1.00. The minimum absolute atomic E-state index is 0.258. The first kappa shape index (κ1) is 12.9. The van der Waals surface area contributed by atoms with Crippen LogP contribution in [-0.2, 0) is 0 Å². The largest absolute Gasteiger partial charge is 0.395 e. The Morgan fingerprint density at radius 1 is 0.923 bits per heavy atom. The average molecular weight is 187 g/mol. The van der Waals surface area contributed by atoms with E-state index in [0.717, 1.165) is 0 Å². The second-order valence-corrected chi connectivity index (χ2v) is 4.63. The molecule has 1 atom stereocenters. The van der Waals surface area contributed by atoms with Crippen molar-refractivity contribution in [2.45, 2.75) is 59.7 Å². The van der Waals surface area contributed by atoms with Gasteiger partial charge in [-0.2, -0.15) is 0 Å². The maximum Gasteiger partial charge on any atom is 0.0589 e. The van der Waals surface area contributed by atoms with Crippen LogP contribution in [-0.4, -0.2) is 34.7 Å². The van der Waals surface area contributed by atoms with E-state index < -0.39 is 0 Å². The van der Waals surface area contributed by atoms with Crippen LogP contribution in [0.25, 0.3) is 0 Å². The smallest absolute Gasteiger partial charge is 0.0589 e. The van der Waals surface area contributed by atoms with Gasteiger partial charge < -0.3 is 5.11 Å². The molecule has 0 aromatic rings. The molecule has 0 bridgehead atoms. The highest BCUT2D eigenvalue weighted by molar-refractivity contribution is 4.79. The van der Waals surface area contributed by atoms with Crippen molar-refractivity contribution < 1.29 is 5.11 Å². The molecular formula is C11H25NO. The molecule has 0 aliphatic carbocycles. The van der Waals surface area contributed by atoms with Crippen molar-refractivity contribution in [2.24, 2.45) is 5.92 Å². The Morgan fingerprint density at radius 2 is 1.31 bits per heavy atom. The third-order valence-corrected chi connectivity index (χ3v) is 2.53. The highest BCUT2D eigenvalue weighted by atomic mass is 16.3. The number of rotatable bonds is 5. The monoisotopic (exact) mass is 187 g/mol. The van der Waals surface area contributed by atoms with Gasteiger partial charge in [-0.3, -0.25) is 4.90 Å². The van der Waals surface area contributed by atoms with E-state index in [4.69, 9.17) is 0 Å². The fourth-order valence-corrected chi connectivity index (χ4v) is 2.01. The van der Waals surface area contributed by atoms with Crippen molar-refractivity contribution in [3.8, 4) is 0 Å². The molecule has 0 radical (unpaired) electrons. The van der Waals surface area contributed by atoms with Gasteiger partial charge in [-0.15, -0.1) is 0 Å². The van der Waals surface area contributed by atoms with E-state index in [0.29, 0.717) is 24.0 Å². The van der Waals surface area contributed by atoms with Gasteiger partial charge in [0.2, 0.25) is 0 Å². The van der Waals surface area contributed by atoms with Gasteiger partial charge in [0, 0.05) is 18.1 Å². The van der Waals surface area contributed by atoms with E-state index in [-0.39, 0.29) is 6.61 Å². The number of nitrogens with zero attached hydrogens (tertiary/aromatic N) is 1. The van der Waals surface area contributed by atoms with E-state index in [1.165, 1.54) is 0 Å². The molecule has 0 amide bonds. The summed E-state index contributed by atoms with van der Waals surface area (Å²) in [6, 6.07) is 1.29. The van der Waals surface area contributed by atoms with Crippen LogP contribution in [0.3, 0.4) is 0 Å². The summed E-state index contributed by atoms with van der Waals surface area (Å²) >= 11 is 0. The lowest BCUT2D eigenvalue weighted by Gasteiger charge is -2.39. The third-order valence-electron chi connectivity index (χ3n) is 2.53. The van der Waals surface area contributed by atoms with Gasteiger partial charge in [0.15, 0.2) is 0 Å². The van der Waals surface area contributed by atoms with Crippen molar-refractivity contribution in [3.63, 3.8) is 0 Å². The molecule has 0 aromatic carbocycles. The van der Waals surface area contributed by atoms with Gasteiger partial charge in [0.25, 0.3) is 0 Å². The first-order valence-electron chi connectivity index (χ1n) is 5.30. The van der Waals surface area contributed by atoms with E-state index in [1.807, 2.05) is 0 Å². The van der Waals surface area contributed by atoms with E-state index >= 15 is 0 Å². The predicted octanol–water partition coefficient (Wildman–Crippen LogP) is 2.12. The van der Waals surface area contributed by atoms with Gasteiger partial charge in [0.1, 0.15) is 0 Å². The zero-order valence-corrected chi connectivity index (χ0v) is 9.91. The molecule has 0 aromatic heterocycles. The molecule has 2 nitrogen and oxygen atoms in total. The molecular weight excluding hydrogens is 162 g/mol. The Kier molecular flexibility index (Phi) is 5.57. The Labute approximate surface area is 82.9 Å². The molecule has 0 rings (SSSR count). The molecule has 0 aliphatic heterocycles. The molecule has 0 saturated heterocycles. The lowest BCUT2D eigenvalue weighted by molar-refractivity contribution is 0.0414. The van der Waals surface area contributed by atoms with E-state index in [2.05, 4.69) is 46.4 Å². The van der Waals surface area contributed by atoms with Crippen LogP contribution in [0.15, 0.2) is 0 Å². The van der Waals surface area contributed by atoms with Crippen LogP contribution in [0.4, 0.5) is 0 Å². The summed E-state index contributed by atoms with van der Waals surface area (Å²) < 4.78 is 0. The van der Waals surface area contributed by atoms with Crippen LogP contribution in [0.2, 0.25) is 0 Å². The van der Waals surface area contributed by atoms with Gasteiger partial charge in [-0.25, -0.2) is 0 Å². The Bertz CT molecular complexity index is 124. The quantitative estimate of drug-likeness (QED) is 0.712. The molecule has 0 heterocycles. The van der Waals surface area contributed by atoms with Crippen molar-refractivity contribution >= 4 is 0 Å². The van der Waals surface area contributed by atoms with Gasteiger partial charge >= 0.3 is 0 Å². The van der Waals surface area contributed by atoms with Crippen LogP contribution in [0, 0.1) is 5.92 Å². The maximum atomic E-state index is 9.32. The zero-order valence-electron chi connectivity index (χ0n) is 9.91. The Balaban J connectivity index is 4.49. The predicted molar refractivity (Wildman–Crippen MR) is 57.8 cm³/mol. The number of aliphatic hydroxyl groups excluding tert-OH is 1. The molecule has 1 N–H and O–H groups in total. The second-order valence-electron chi connectivity index (χ2n) is 4.63. The van der Waals surface area contributed by atoms with Crippen LogP contribution >= 0.6 is 0 Å². The molecule has 1 unspecified atom stereocenters. The first-order valence-corrected chi connectivity index (χ1v) is 5.30. The molecule has 0 saturated carbocycles. The average Bonchev–Trinajstić information content (AvgIpc) is 1.97. The normalized spacial score (nSPS) is 15.0. The lowest BCUT2D eigenvalue weighted by atomic mass is 10.00. The zero-order chi connectivity index (χ0) is 10.6. The Hall–Kier alpha value is -0.0800. The SMILES string of the molecule is CC(C)C(CO)N(C(C)C)C(C)C. The highest BCUT2D eigenvalue weighted by Gasteiger charge is 2.25. The Morgan fingerprint density at radius 3 is 1.38 bits per heavy atom. The number of aliphatic hydroxyl groups is 1. The van der Waals surface area contributed by atoms with Crippen molar-refractivity contribution in [3.05, 3.63) is 0 Å². The molecule has 13 heavy (non-hydrogen) atoms. The van der Waals surface area contributed by atoms with Gasteiger partial charge in [-0.1, -0.05) is 13.8 Å². The van der Waals surface area contributed by atoms with Gasteiger partial charge in [-0.05, 0) is 33.6 Å². The van der Waals surface area contributed by atoms with E-state index in [9.17, 15) is 5.11 Å². The summed E-state index contributed by atoms with van der Waals surface area (Å²) in [7, 11) is 0. The summed E-state index contributed by atoms with van der Waals surface area (Å²) in [6.45, 7) is 13.3. The molecule has 0 aliphatic rings. The fourth-order valence-electron chi connectivity index (χ4n) is 2.01.